The quantitative estimate of drug-likeness (QED) is 0.778. The molecule has 0 spiro atoms. The summed E-state index contributed by atoms with van der Waals surface area (Å²) in [5.41, 5.74) is 1.39. The molecule has 2 aromatic rings. The molecule has 96 valence electrons. The fourth-order valence-corrected chi connectivity index (χ4v) is 2.15. The lowest BCUT2D eigenvalue weighted by atomic mass is 10.1. The van der Waals surface area contributed by atoms with Gasteiger partial charge in [-0.3, -0.25) is 4.79 Å². The average molecular weight is 249 g/mol. The fraction of sp³-hybridized carbons (Fsp3) is 0.308. The van der Waals surface area contributed by atoms with E-state index in [9.17, 15) is 4.79 Å². The van der Waals surface area contributed by atoms with Crippen LogP contribution in [0.3, 0.4) is 0 Å². The summed E-state index contributed by atoms with van der Waals surface area (Å²) < 4.78 is 17.8. The van der Waals surface area contributed by atoms with Crippen molar-refractivity contribution in [3.05, 3.63) is 17.8 Å². The largest absolute Gasteiger partial charge is 0.493 e. The zero-order chi connectivity index (χ0) is 13.3. The van der Waals surface area contributed by atoms with Gasteiger partial charge in [-0.1, -0.05) is 0 Å². The van der Waals surface area contributed by atoms with Crippen LogP contribution in [-0.2, 0) is 7.05 Å². The van der Waals surface area contributed by atoms with E-state index in [1.807, 2.05) is 11.6 Å². The molecule has 0 unspecified atom stereocenters. The summed E-state index contributed by atoms with van der Waals surface area (Å²) in [4.78, 5) is 11.1. The molecule has 18 heavy (non-hydrogen) atoms. The van der Waals surface area contributed by atoms with Gasteiger partial charge in [-0.05, 0) is 6.07 Å². The number of methoxy groups -OCH3 is 3. The van der Waals surface area contributed by atoms with E-state index < -0.39 is 0 Å². The van der Waals surface area contributed by atoms with Crippen LogP contribution in [0.25, 0.3) is 10.9 Å². The van der Waals surface area contributed by atoms with Crippen molar-refractivity contribution in [2.24, 2.45) is 7.05 Å². The second-order valence-corrected chi connectivity index (χ2v) is 3.85. The highest BCUT2D eigenvalue weighted by Gasteiger charge is 2.20. The first kappa shape index (κ1) is 12.3. The van der Waals surface area contributed by atoms with E-state index >= 15 is 0 Å². The summed E-state index contributed by atoms with van der Waals surface area (Å²) in [6.45, 7) is 0. The minimum absolute atomic E-state index is 0.520. The van der Waals surface area contributed by atoms with Crippen LogP contribution in [-0.4, -0.2) is 32.2 Å². The topological polar surface area (TPSA) is 49.7 Å². The average Bonchev–Trinajstić information content (AvgIpc) is 2.72. The molecular weight excluding hydrogens is 234 g/mol. The van der Waals surface area contributed by atoms with Crippen LogP contribution in [0, 0.1) is 0 Å². The van der Waals surface area contributed by atoms with Crippen molar-refractivity contribution in [2.75, 3.05) is 21.3 Å². The van der Waals surface area contributed by atoms with Crippen LogP contribution >= 0.6 is 0 Å². The first-order chi connectivity index (χ1) is 8.67. The number of carbonyl (C=O) groups excluding carboxylic acids is 1. The Morgan fingerprint density at radius 3 is 2.28 bits per heavy atom. The predicted octanol–water partition coefficient (Wildman–Crippen LogP) is 2.02. The van der Waals surface area contributed by atoms with Gasteiger partial charge in [0, 0.05) is 24.2 Å². The lowest BCUT2D eigenvalue weighted by Crippen LogP contribution is -1.97. The summed E-state index contributed by atoms with van der Waals surface area (Å²) in [6.07, 6.45) is 2.56. The minimum Gasteiger partial charge on any atom is -0.493 e. The zero-order valence-corrected chi connectivity index (χ0v) is 10.8. The third-order valence-corrected chi connectivity index (χ3v) is 2.93. The van der Waals surface area contributed by atoms with E-state index in [1.54, 1.807) is 33.6 Å². The van der Waals surface area contributed by atoms with Crippen molar-refractivity contribution in [1.29, 1.82) is 0 Å². The highest BCUT2D eigenvalue weighted by molar-refractivity contribution is 6.02. The zero-order valence-electron chi connectivity index (χ0n) is 10.8. The Morgan fingerprint density at radius 1 is 1.11 bits per heavy atom. The number of hydrogen-bond acceptors (Lipinski definition) is 4. The predicted molar refractivity (Wildman–Crippen MR) is 68.0 cm³/mol. The standard InChI is InChI=1S/C13H15NO4/c1-14-6-8(7-15)9-5-10(16-2)12(17-3)13(18-4)11(9)14/h5-7H,1-4H3. The number of aryl methyl sites for hydroxylation is 1. The molecule has 0 atom stereocenters. The van der Waals surface area contributed by atoms with Gasteiger partial charge in [0.15, 0.2) is 17.8 Å². The maximum atomic E-state index is 11.1. The summed E-state index contributed by atoms with van der Waals surface area (Å²) in [5, 5.41) is 0.780. The maximum Gasteiger partial charge on any atom is 0.205 e. The van der Waals surface area contributed by atoms with Crippen LogP contribution in [0.4, 0.5) is 0 Å². The number of rotatable bonds is 4. The second-order valence-electron chi connectivity index (χ2n) is 3.85. The molecule has 2 rings (SSSR count). The van der Waals surface area contributed by atoms with E-state index in [2.05, 4.69) is 0 Å². The van der Waals surface area contributed by atoms with E-state index in [1.165, 1.54) is 0 Å². The Bertz CT molecular complexity index is 601. The molecule has 0 aliphatic carbocycles. The Balaban J connectivity index is 2.93. The Kier molecular flexibility index (Phi) is 3.14. The molecule has 0 aliphatic heterocycles. The Morgan fingerprint density at radius 2 is 1.78 bits per heavy atom. The van der Waals surface area contributed by atoms with Gasteiger partial charge in [-0.2, -0.15) is 0 Å². The molecule has 0 N–H and O–H groups in total. The summed E-state index contributed by atoms with van der Waals surface area (Å²) >= 11 is 0. The lowest BCUT2D eigenvalue weighted by molar-refractivity contribution is 0.112. The lowest BCUT2D eigenvalue weighted by Gasteiger charge is -2.14. The highest BCUT2D eigenvalue weighted by atomic mass is 16.5. The number of hydrogen-bond donors (Lipinski definition) is 0. The van der Waals surface area contributed by atoms with Crippen molar-refractivity contribution in [1.82, 2.24) is 4.57 Å². The van der Waals surface area contributed by atoms with Gasteiger partial charge in [0.25, 0.3) is 0 Å². The van der Waals surface area contributed by atoms with Crippen molar-refractivity contribution in [3.63, 3.8) is 0 Å². The van der Waals surface area contributed by atoms with E-state index in [4.69, 9.17) is 14.2 Å². The molecule has 0 bridgehead atoms. The summed E-state index contributed by atoms with van der Waals surface area (Å²) in [7, 11) is 6.51. The number of nitrogens with zero attached hydrogens (tertiary/aromatic N) is 1. The number of ether oxygens (including phenoxy) is 3. The van der Waals surface area contributed by atoms with Crippen LogP contribution in [0.5, 0.6) is 17.2 Å². The number of carbonyl (C=O) groups is 1. The van der Waals surface area contributed by atoms with Gasteiger partial charge in [-0.15, -0.1) is 0 Å². The summed E-state index contributed by atoms with van der Waals surface area (Å²) in [6, 6.07) is 1.78. The van der Waals surface area contributed by atoms with Gasteiger partial charge in [0.1, 0.15) is 0 Å². The van der Waals surface area contributed by atoms with Crippen molar-refractivity contribution >= 4 is 17.2 Å². The van der Waals surface area contributed by atoms with Gasteiger partial charge in [0.05, 0.1) is 26.8 Å². The van der Waals surface area contributed by atoms with Crippen molar-refractivity contribution in [3.8, 4) is 17.2 Å². The van der Waals surface area contributed by atoms with E-state index in [0.29, 0.717) is 22.8 Å². The first-order valence-corrected chi connectivity index (χ1v) is 5.41. The number of aldehydes is 1. The van der Waals surface area contributed by atoms with Gasteiger partial charge in [0.2, 0.25) is 5.75 Å². The molecule has 1 aromatic carbocycles. The second kappa shape index (κ2) is 4.60. The van der Waals surface area contributed by atoms with E-state index in [-0.39, 0.29) is 0 Å². The molecule has 5 heteroatoms. The first-order valence-electron chi connectivity index (χ1n) is 5.41. The molecule has 5 nitrogen and oxygen atoms in total. The minimum atomic E-state index is 0.520. The van der Waals surface area contributed by atoms with Crippen molar-refractivity contribution < 1.29 is 19.0 Å². The van der Waals surface area contributed by atoms with Gasteiger partial charge in [-0.25, -0.2) is 0 Å². The Labute approximate surface area is 105 Å². The third kappa shape index (κ3) is 1.59. The Hall–Kier alpha value is -2.17. The molecule has 0 fully saturated rings. The van der Waals surface area contributed by atoms with Crippen LogP contribution < -0.4 is 14.2 Å². The third-order valence-electron chi connectivity index (χ3n) is 2.93. The highest BCUT2D eigenvalue weighted by Crippen LogP contribution is 2.44. The van der Waals surface area contributed by atoms with E-state index in [0.717, 1.165) is 17.2 Å². The number of benzene rings is 1. The molecule has 0 amide bonds. The number of fused-ring (bicyclic) bond motifs is 1. The molecule has 1 aromatic heterocycles. The van der Waals surface area contributed by atoms with Crippen LogP contribution in [0.2, 0.25) is 0 Å². The smallest absolute Gasteiger partial charge is 0.205 e. The van der Waals surface area contributed by atoms with Crippen LogP contribution in [0.1, 0.15) is 10.4 Å². The van der Waals surface area contributed by atoms with Gasteiger partial charge >= 0.3 is 0 Å². The van der Waals surface area contributed by atoms with Crippen LogP contribution in [0.15, 0.2) is 12.3 Å². The van der Waals surface area contributed by atoms with Crippen molar-refractivity contribution in [2.45, 2.75) is 0 Å². The molecular formula is C13H15NO4. The molecule has 0 saturated carbocycles. The normalized spacial score (nSPS) is 10.4. The number of aromatic nitrogens is 1. The maximum absolute atomic E-state index is 11.1. The van der Waals surface area contributed by atoms with Gasteiger partial charge < -0.3 is 18.8 Å². The monoisotopic (exact) mass is 249 g/mol. The summed E-state index contributed by atoms with van der Waals surface area (Å²) in [5.74, 6) is 1.62. The fourth-order valence-electron chi connectivity index (χ4n) is 2.15. The SMILES string of the molecule is COc1cc2c(C=O)cn(C)c2c(OC)c1OC. The molecule has 0 radical (unpaired) electrons. The molecule has 0 saturated heterocycles. The molecule has 1 heterocycles. The molecule has 0 aliphatic rings.